The predicted molar refractivity (Wildman–Crippen MR) is 72.5 cm³/mol. The highest BCUT2D eigenvalue weighted by atomic mass is 79.9. The van der Waals surface area contributed by atoms with Crippen LogP contribution in [0.3, 0.4) is 0 Å². The predicted octanol–water partition coefficient (Wildman–Crippen LogP) is 2.04. The molecule has 0 radical (unpaired) electrons. The van der Waals surface area contributed by atoms with Crippen LogP contribution in [0.4, 0.5) is 0 Å². The fraction of sp³-hybridized carbons (Fsp3) is 0.583. The highest BCUT2D eigenvalue weighted by molar-refractivity contribution is 9.10. The summed E-state index contributed by atoms with van der Waals surface area (Å²) in [7, 11) is 0. The van der Waals surface area contributed by atoms with E-state index in [1.165, 1.54) is 0 Å². The SMILES string of the molecule is CCCOCCC(Cc1cncc(Br)c1)NN. The van der Waals surface area contributed by atoms with Gasteiger partial charge < -0.3 is 4.74 Å². The van der Waals surface area contributed by atoms with Crippen LogP contribution in [0.1, 0.15) is 25.3 Å². The zero-order chi connectivity index (χ0) is 12.5. The molecule has 0 aromatic carbocycles. The molecule has 1 unspecified atom stereocenters. The van der Waals surface area contributed by atoms with Gasteiger partial charge in [0.05, 0.1) is 0 Å². The highest BCUT2D eigenvalue weighted by Gasteiger charge is 2.08. The summed E-state index contributed by atoms with van der Waals surface area (Å²) in [5, 5.41) is 0. The first kappa shape index (κ1) is 14.6. The zero-order valence-electron chi connectivity index (χ0n) is 10.2. The fourth-order valence-electron chi connectivity index (χ4n) is 1.57. The quantitative estimate of drug-likeness (QED) is 0.438. The van der Waals surface area contributed by atoms with Crippen LogP contribution < -0.4 is 11.3 Å². The van der Waals surface area contributed by atoms with Gasteiger partial charge in [-0.15, -0.1) is 0 Å². The summed E-state index contributed by atoms with van der Waals surface area (Å²) >= 11 is 3.41. The van der Waals surface area contributed by atoms with Crippen LogP contribution >= 0.6 is 15.9 Å². The third-order valence-electron chi connectivity index (χ3n) is 2.44. The highest BCUT2D eigenvalue weighted by Crippen LogP contribution is 2.12. The Kier molecular flexibility index (Phi) is 7.35. The van der Waals surface area contributed by atoms with E-state index in [0.717, 1.165) is 42.5 Å². The van der Waals surface area contributed by atoms with Gasteiger partial charge in [0.15, 0.2) is 0 Å². The van der Waals surface area contributed by atoms with Crippen molar-refractivity contribution in [3.8, 4) is 0 Å². The van der Waals surface area contributed by atoms with Crippen molar-refractivity contribution in [2.75, 3.05) is 13.2 Å². The number of pyridine rings is 1. The van der Waals surface area contributed by atoms with E-state index in [1.54, 1.807) is 6.20 Å². The first-order valence-corrected chi connectivity index (χ1v) is 6.68. The molecule has 1 aromatic rings. The van der Waals surface area contributed by atoms with Crippen LogP contribution in [0.2, 0.25) is 0 Å². The molecule has 0 aliphatic carbocycles. The topological polar surface area (TPSA) is 60.2 Å². The Morgan fingerprint density at radius 3 is 2.94 bits per heavy atom. The lowest BCUT2D eigenvalue weighted by Crippen LogP contribution is -2.37. The van der Waals surface area contributed by atoms with Gasteiger partial charge in [0.2, 0.25) is 0 Å². The third kappa shape index (κ3) is 6.12. The standard InChI is InChI=1S/C12H20BrN3O/c1-2-4-17-5-3-12(16-14)7-10-6-11(13)9-15-8-10/h6,8-9,12,16H,2-5,7,14H2,1H3. The Hall–Kier alpha value is -0.490. The van der Waals surface area contributed by atoms with Gasteiger partial charge in [-0.1, -0.05) is 6.92 Å². The minimum atomic E-state index is 0.225. The van der Waals surface area contributed by atoms with Gasteiger partial charge in [-0.3, -0.25) is 16.3 Å². The molecule has 0 amide bonds. The second-order valence-electron chi connectivity index (χ2n) is 3.98. The second-order valence-corrected chi connectivity index (χ2v) is 4.90. The van der Waals surface area contributed by atoms with Crippen molar-refractivity contribution in [1.29, 1.82) is 0 Å². The molecular weight excluding hydrogens is 282 g/mol. The minimum absolute atomic E-state index is 0.225. The maximum Gasteiger partial charge on any atom is 0.0481 e. The van der Waals surface area contributed by atoms with Crippen molar-refractivity contribution < 1.29 is 4.74 Å². The summed E-state index contributed by atoms with van der Waals surface area (Å²) in [5.74, 6) is 5.54. The lowest BCUT2D eigenvalue weighted by molar-refractivity contribution is 0.124. The van der Waals surface area contributed by atoms with Crippen molar-refractivity contribution >= 4 is 15.9 Å². The van der Waals surface area contributed by atoms with E-state index in [0.29, 0.717) is 0 Å². The van der Waals surface area contributed by atoms with E-state index < -0.39 is 0 Å². The fourth-order valence-corrected chi connectivity index (χ4v) is 1.98. The van der Waals surface area contributed by atoms with Crippen LogP contribution in [-0.2, 0) is 11.2 Å². The van der Waals surface area contributed by atoms with E-state index in [2.05, 4.69) is 39.3 Å². The summed E-state index contributed by atoms with van der Waals surface area (Å²) in [6, 6.07) is 2.28. The van der Waals surface area contributed by atoms with E-state index in [1.807, 2.05) is 6.20 Å². The van der Waals surface area contributed by atoms with Gasteiger partial charge in [-0.25, -0.2) is 0 Å². The van der Waals surface area contributed by atoms with Gasteiger partial charge in [0.1, 0.15) is 0 Å². The number of nitrogens with two attached hydrogens (primary N) is 1. The largest absolute Gasteiger partial charge is 0.381 e. The van der Waals surface area contributed by atoms with Crippen molar-refractivity contribution in [2.45, 2.75) is 32.2 Å². The number of nitrogens with zero attached hydrogens (tertiary/aromatic N) is 1. The van der Waals surface area contributed by atoms with E-state index in [4.69, 9.17) is 10.6 Å². The van der Waals surface area contributed by atoms with Gasteiger partial charge in [0, 0.05) is 36.1 Å². The average Bonchev–Trinajstić information content (AvgIpc) is 2.33. The zero-order valence-corrected chi connectivity index (χ0v) is 11.7. The monoisotopic (exact) mass is 301 g/mol. The van der Waals surface area contributed by atoms with Crippen LogP contribution in [0.5, 0.6) is 0 Å². The van der Waals surface area contributed by atoms with Crippen molar-refractivity contribution in [1.82, 2.24) is 10.4 Å². The van der Waals surface area contributed by atoms with E-state index in [9.17, 15) is 0 Å². The van der Waals surface area contributed by atoms with E-state index >= 15 is 0 Å². The van der Waals surface area contributed by atoms with Crippen molar-refractivity contribution in [3.63, 3.8) is 0 Å². The number of hydrogen-bond donors (Lipinski definition) is 2. The third-order valence-corrected chi connectivity index (χ3v) is 2.87. The first-order chi connectivity index (χ1) is 8.26. The molecule has 5 heteroatoms. The van der Waals surface area contributed by atoms with Gasteiger partial charge >= 0.3 is 0 Å². The number of halogens is 1. The Morgan fingerprint density at radius 1 is 1.47 bits per heavy atom. The van der Waals surface area contributed by atoms with Crippen LogP contribution in [0.25, 0.3) is 0 Å². The van der Waals surface area contributed by atoms with Crippen molar-refractivity contribution in [3.05, 3.63) is 28.5 Å². The number of aromatic nitrogens is 1. The molecule has 1 rings (SSSR count). The normalized spacial score (nSPS) is 12.6. The molecule has 1 heterocycles. The average molecular weight is 302 g/mol. The summed E-state index contributed by atoms with van der Waals surface area (Å²) < 4.78 is 6.45. The molecular formula is C12H20BrN3O. The second kappa shape index (κ2) is 8.58. The molecule has 0 aliphatic rings. The van der Waals surface area contributed by atoms with Crippen LogP contribution in [-0.4, -0.2) is 24.2 Å². The van der Waals surface area contributed by atoms with Gasteiger partial charge in [-0.05, 0) is 46.8 Å². The molecule has 0 saturated heterocycles. The molecule has 3 N–H and O–H groups in total. The molecule has 1 aromatic heterocycles. The Labute approximate surface area is 111 Å². The smallest absolute Gasteiger partial charge is 0.0481 e. The molecule has 0 saturated carbocycles. The molecule has 0 spiro atoms. The summed E-state index contributed by atoms with van der Waals surface area (Å²) in [6.45, 7) is 3.66. The lowest BCUT2D eigenvalue weighted by atomic mass is 10.1. The lowest BCUT2D eigenvalue weighted by Gasteiger charge is -2.15. The molecule has 0 bridgehead atoms. The van der Waals surface area contributed by atoms with E-state index in [-0.39, 0.29) is 6.04 Å². The summed E-state index contributed by atoms with van der Waals surface area (Å²) in [6.07, 6.45) is 6.46. The summed E-state index contributed by atoms with van der Waals surface area (Å²) in [4.78, 5) is 4.13. The van der Waals surface area contributed by atoms with Gasteiger partial charge in [0.25, 0.3) is 0 Å². The minimum Gasteiger partial charge on any atom is -0.381 e. The number of ether oxygens (including phenoxy) is 1. The molecule has 4 nitrogen and oxygen atoms in total. The first-order valence-electron chi connectivity index (χ1n) is 5.89. The van der Waals surface area contributed by atoms with Crippen LogP contribution in [0, 0.1) is 0 Å². The number of nitrogens with one attached hydrogen (secondary N) is 1. The number of hydrazine groups is 1. The molecule has 96 valence electrons. The van der Waals surface area contributed by atoms with Gasteiger partial charge in [-0.2, -0.15) is 0 Å². The van der Waals surface area contributed by atoms with Crippen LogP contribution in [0.15, 0.2) is 22.9 Å². The summed E-state index contributed by atoms with van der Waals surface area (Å²) in [5.41, 5.74) is 3.99. The van der Waals surface area contributed by atoms with Crippen molar-refractivity contribution in [2.24, 2.45) is 5.84 Å². The maximum absolute atomic E-state index is 5.54. The number of hydrogen-bond acceptors (Lipinski definition) is 4. The molecule has 1 atom stereocenters. The maximum atomic E-state index is 5.54. The number of rotatable bonds is 8. The Balaban J connectivity index is 2.35. The molecule has 0 aliphatic heterocycles. The molecule has 17 heavy (non-hydrogen) atoms. The Bertz CT molecular complexity index is 322. The Morgan fingerprint density at radius 2 is 2.29 bits per heavy atom. The molecule has 0 fully saturated rings.